The van der Waals surface area contributed by atoms with Gasteiger partial charge in [-0.2, -0.15) is 0 Å². The zero-order valence-corrected chi connectivity index (χ0v) is 12.8. The van der Waals surface area contributed by atoms with Crippen LogP contribution in [0.3, 0.4) is 0 Å². The lowest BCUT2D eigenvalue weighted by molar-refractivity contribution is -0.0537. The van der Waals surface area contributed by atoms with E-state index in [1.54, 1.807) is 7.11 Å². The van der Waals surface area contributed by atoms with Crippen LogP contribution in [-0.2, 0) is 9.47 Å². The SMILES string of the molecule is CC[C@H]1S[C@@H](n2ccc(=O)[nH]c2=O)[C@@H](OCCOC)C1O. The van der Waals surface area contributed by atoms with Crippen molar-refractivity contribution in [1.29, 1.82) is 0 Å². The third-order valence-corrected chi connectivity index (χ3v) is 5.17. The van der Waals surface area contributed by atoms with Crippen molar-refractivity contribution in [3.63, 3.8) is 0 Å². The van der Waals surface area contributed by atoms with Crippen LogP contribution < -0.4 is 11.2 Å². The Balaban J connectivity index is 2.25. The van der Waals surface area contributed by atoms with Crippen molar-refractivity contribution in [1.82, 2.24) is 9.55 Å². The van der Waals surface area contributed by atoms with Crippen molar-refractivity contribution in [3.05, 3.63) is 33.1 Å². The minimum Gasteiger partial charge on any atom is -0.389 e. The first-order valence-corrected chi connectivity index (χ1v) is 7.78. The lowest BCUT2D eigenvalue weighted by Gasteiger charge is -2.23. The van der Waals surface area contributed by atoms with Crippen LogP contribution in [0.15, 0.2) is 21.9 Å². The maximum atomic E-state index is 11.9. The summed E-state index contributed by atoms with van der Waals surface area (Å²) in [5.41, 5.74) is -0.937. The summed E-state index contributed by atoms with van der Waals surface area (Å²) >= 11 is 1.48. The number of aromatic amines is 1. The number of methoxy groups -OCH3 is 1. The Morgan fingerprint density at radius 1 is 1.43 bits per heavy atom. The lowest BCUT2D eigenvalue weighted by atomic mass is 10.1. The van der Waals surface area contributed by atoms with Crippen LogP contribution in [0.5, 0.6) is 0 Å². The maximum absolute atomic E-state index is 11.9. The fourth-order valence-electron chi connectivity index (χ4n) is 2.35. The molecule has 0 saturated carbocycles. The van der Waals surface area contributed by atoms with Crippen molar-refractivity contribution in [2.75, 3.05) is 20.3 Å². The van der Waals surface area contributed by atoms with Crippen molar-refractivity contribution in [3.8, 4) is 0 Å². The molecule has 1 fully saturated rings. The smallest absolute Gasteiger partial charge is 0.329 e. The molecule has 118 valence electrons. The summed E-state index contributed by atoms with van der Waals surface area (Å²) in [5, 5.41) is 9.97. The summed E-state index contributed by atoms with van der Waals surface area (Å²) in [5.74, 6) is 0. The number of ether oxygens (including phenoxy) is 2. The number of hydrogen-bond acceptors (Lipinski definition) is 6. The molecular formula is C13H20N2O5S. The molecule has 4 atom stereocenters. The first kappa shape index (κ1) is 16.3. The van der Waals surface area contributed by atoms with E-state index < -0.39 is 23.5 Å². The molecule has 0 radical (unpaired) electrons. The number of aromatic nitrogens is 2. The van der Waals surface area contributed by atoms with Gasteiger partial charge in [0.1, 0.15) is 11.5 Å². The van der Waals surface area contributed by atoms with E-state index in [4.69, 9.17) is 9.47 Å². The molecule has 1 aromatic heterocycles. The molecule has 2 N–H and O–H groups in total. The first-order chi connectivity index (χ1) is 10.1. The van der Waals surface area contributed by atoms with Crippen molar-refractivity contribution < 1.29 is 14.6 Å². The van der Waals surface area contributed by atoms with E-state index in [1.807, 2.05) is 6.92 Å². The molecule has 7 nitrogen and oxygen atoms in total. The van der Waals surface area contributed by atoms with Gasteiger partial charge >= 0.3 is 5.69 Å². The second kappa shape index (κ2) is 7.26. The van der Waals surface area contributed by atoms with Crippen LogP contribution in [-0.4, -0.2) is 52.4 Å². The highest BCUT2D eigenvalue weighted by Gasteiger charge is 2.44. The minimum absolute atomic E-state index is 0.0126. The van der Waals surface area contributed by atoms with E-state index in [9.17, 15) is 14.7 Å². The van der Waals surface area contributed by atoms with Gasteiger partial charge in [0, 0.05) is 24.6 Å². The molecule has 0 spiro atoms. The van der Waals surface area contributed by atoms with Crippen LogP contribution in [0, 0.1) is 0 Å². The average molecular weight is 316 g/mol. The Hall–Kier alpha value is -1.09. The van der Waals surface area contributed by atoms with E-state index in [0.29, 0.717) is 13.2 Å². The highest BCUT2D eigenvalue weighted by molar-refractivity contribution is 8.00. The molecule has 1 aromatic rings. The third kappa shape index (κ3) is 3.57. The van der Waals surface area contributed by atoms with Crippen molar-refractivity contribution in [2.24, 2.45) is 0 Å². The van der Waals surface area contributed by atoms with E-state index in [0.717, 1.165) is 6.42 Å². The predicted octanol–water partition coefficient (Wildman–Crippen LogP) is -0.0469. The van der Waals surface area contributed by atoms with Gasteiger partial charge in [0.15, 0.2) is 0 Å². The molecule has 2 heterocycles. The number of aliphatic hydroxyl groups excluding tert-OH is 1. The lowest BCUT2D eigenvalue weighted by Crippen LogP contribution is -2.39. The Labute approximate surface area is 126 Å². The summed E-state index contributed by atoms with van der Waals surface area (Å²) < 4.78 is 12.0. The fraction of sp³-hybridized carbons (Fsp3) is 0.692. The fourth-order valence-corrected chi connectivity index (χ4v) is 3.91. The van der Waals surface area contributed by atoms with Crippen LogP contribution in [0.4, 0.5) is 0 Å². The molecule has 8 heteroatoms. The van der Waals surface area contributed by atoms with Gasteiger partial charge in [0.25, 0.3) is 5.56 Å². The number of nitrogens with one attached hydrogen (secondary N) is 1. The molecular weight excluding hydrogens is 296 g/mol. The van der Waals surface area contributed by atoms with Crippen molar-refractivity contribution in [2.45, 2.75) is 36.2 Å². The number of aliphatic hydroxyl groups is 1. The standard InChI is InChI=1S/C13H20N2O5S/c1-3-8-10(17)11(20-7-6-19-2)12(21-8)15-5-4-9(16)14-13(15)18/h4-5,8,10-12,17H,3,6-7H2,1-2H3,(H,14,16,18)/t8-,10?,11+,12-/m1/s1. The van der Waals surface area contributed by atoms with Gasteiger partial charge < -0.3 is 14.6 Å². The first-order valence-electron chi connectivity index (χ1n) is 6.84. The molecule has 0 aromatic carbocycles. The molecule has 1 saturated heterocycles. The molecule has 2 rings (SSSR count). The number of hydrogen-bond donors (Lipinski definition) is 2. The Bertz CT molecular complexity index is 572. The van der Waals surface area contributed by atoms with Gasteiger partial charge in [-0.3, -0.25) is 14.3 Å². The molecule has 0 bridgehead atoms. The average Bonchev–Trinajstić information content (AvgIpc) is 2.76. The number of rotatable bonds is 6. The largest absolute Gasteiger partial charge is 0.389 e. The summed E-state index contributed by atoms with van der Waals surface area (Å²) in [4.78, 5) is 25.3. The Morgan fingerprint density at radius 3 is 2.81 bits per heavy atom. The highest BCUT2D eigenvalue weighted by Crippen LogP contribution is 2.43. The van der Waals surface area contributed by atoms with E-state index in [-0.39, 0.29) is 10.6 Å². The monoisotopic (exact) mass is 316 g/mol. The molecule has 1 unspecified atom stereocenters. The van der Waals surface area contributed by atoms with Gasteiger partial charge in [0.05, 0.1) is 19.3 Å². The maximum Gasteiger partial charge on any atom is 0.329 e. The van der Waals surface area contributed by atoms with Crippen LogP contribution in [0.25, 0.3) is 0 Å². The molecule has 21 heavy (non-hydrogen) atoms. The minimum atomic E-state index is -0.666. The molecule has 1 aliphatic heterocycles. The normalized spacial score (nSPS) is 28.9. The quantitative estimate of drug-likeness (QED) is 0.715. The zero-order valence-electron chi connectivity index (χ0n) is 12.0. The Kier molecular flexibility index (Phi) is 5.63. The summed E-state index contributed by atoms with van der Waals surface area (Å²) in [6.45, 7) is 2.73. The van der Waals surface area contributed by atoms with Crippen LogP contribution in [0.2, 0.25) is 0 Å². The van der Waals surface area contributed by atoms with Gasteiger partial charge in [-0.25, -0.2) is 4.79 Å². The van der Waals surface area contributed by atoms with Crippen LogP contribution >= 0.6 is 11.8 Å². The topological polar surface area (TPSA) is 93.6 Å². The summed E-state index contributed by atoms with van der Waals surface area (Å²) in [6, 6.07) is 1.29. The van der Waals surface area contributed by atoms with Gasteiger partial charge in [-0.05, 0) is 6.42 Å². The number of H-pyrrole nitrogens is 1. The second-order valence-corrected chi connectivity index (χ2v) is 6.17. The molecule has 0 amide bonds. The van der Waals surface area contributed by atoms with E-state index in [2.05, 4.69) is 4.98 Å². The third-order valence-electron chi connectivity index (χ3n) is 3.44. The molecule has 0 aliphatic carbocycles. The van der Waals surface area contributed by atoms with Crippen molar-refractivity contribution >= 4 is 11.8 Å². The summed E-state index contributed by atoms with van der Waals surface area (Å²) in [7, 11) is 1.57. The molecule has 1 aliphatic rings. The van der Waals surface area contributed by atoms with Gasteiger partial charge in [-0.1, -0.05) is 6.92 Å². The predicted molar refractivity (Wildman–Crippen MR) is 79.7 cm³/mol. The highest BCUT2D eigenvalue weighted by atomic mass is 32.2. The Morgan fingerprint density at radius 2 is 2.19 bits per heavy atom. The van der Waals surface area contributed by atoms with E-state index in [1.165, 1.54) is 28.6 Å². The van der Waals surface area contributed by atoms with Gasteiger partial charge in [0.2, 0.25) is 0 Å². The zero-order chi connectivity index (χ0) is 15.4. The van der Waals surface area contributed by atoms with Crippen LogP contribution in [0.1, 0.15) is 18.7 Å². The van der Waals surface area contributed by atoms with Gasteiger partial charge in [-0.15, -0.1) is 11.8 Å². The van der Waals surface area contributed by atoms with E-state index >= 15 is 0 Å². The summed E-state index contributed by atoms with van der Waals surface area (Å²) in [6.07, 6.45) is 1.03. The number of nitrogens with zero attached hydrogens (tertiary/aromatic N) is 1. The number of thioether (sulfide) groups is 1. The second-order valence-electron chi connectivity index (χ2n) is 4.81.